The highest BCUT2D eigenvalue weighted by Crippen LogP contribution is 2.43. The summed E-state index contributed by atoms with van der Waals surface area (Å²) < 4.78 is 37.0. The number of carboxylic acids is 1. The zero-order valence-corrected chi connectivity index (χ0v) is 19.0. The van der Waals surface area contributed by atoms with Gasteiger partial charge in [0.15, 0.2) is 0 Å². The highest BCUT2D eigenvalue weighted by atomic mass is 32.1. The monoisotopic (exact) mass is 464 g/mol. The third-order valence-corrected chi connectivity index (χ3v) is 7.02. The number of methoxy groups -OCH3 is 1. The molecule has 3 rings (SSSR count). The van der Waals surface area contributed by atoms with Crippen molar-refractivity contribution < 1.29 is 32.6 Å². The van der Waals surface area contributed by atoms with E-state index in [9.17, 15) is 18.0 Å². The summed E-state index contributed by atoms with van der Waals surface area (Å²) in [6, 6.07) is 4.93. The second-order valence-corrected chi connectivity index (χ2v) is 9.33. The van der Waals surface area contributed by atoms with Gasteiger partial charge < -0.3 is 14.7 Å². The van der Waals surface area contributed by atoms with Gasteiger partial charge in [0, 0.05) is 42.4 Å². The SMILES string of the molecule is CC[C@@H]1N(Cc2ccc(C)s2)CCC[C@]12CCC(=O)N2CCOC.O=C(O)C(F)(F)F. The molecule has 1 spiro atoms. The number of ether oxygens (including phenoxy) is 1. The molecule has 0 unspecified atom stereocenters. The van der Waals surface area contributed by atoms with Crippen LogP contribution in [0, 0.1) is 6.92 Å². The van der Waals surface area contributed by atoms with Gasteiger partial charge in [0.25, 0.3) is 0 Å². The number of carbonyl (C=O) groups is 2. The number of carboxylic acid groups (broad SMARTS) is 1. The summed E-state index contributed by atoms with van der Waals surface area (Å²) in [5.41, 5.74) is 0.0227. The smallest absolute Gasteiger partial charge is 0.475 e. The number of halogens is 3. The molecule has 1 aromatic heterocycles. The minimum Gasteiger partial charge on any atom is -0.475 e. The number of nitrogens with zero attached hydrogens (tertiary/aromatic N) is 2. The number of carbonyl (C=O) groups excluding carboxylic acids is 1. The molecule has 0 aromatic carbocycles. The van der Waals surface area contributed by atoms with Crippen LogP contribution in [-0.2, 0) is 20.9 Å². The maximum absolute atomic E-state index is 12.5. The summed E-state index contributed by atoms with van der Waals surface area (Å²) >= 11 is 1.90. The normalized spacial score (nSPS) is 24.4. The molecular weight excluding hydrogens is 433 g/mol. The first-order valence-corrected chi connectivity index (χ1v) is 11.3. The van der Waals surface area contributed by atoms with Crippen LogP contribution in [-0.4, -0.2) is 71.3 Å². The van der Waals surface area contributed by atoms with Crippen molar-refractivity contribution in [1.82, 2.24) is 9.80 Å². The van der Waals surface area contributed by atoms with E-state index in [0.29, 0.717) is 25.0 Å². The second-order valence-electron chi connectivity index (χ2n) is 7.96. The molecular formula is C21H31F3N2O4S. The molecule has 1 N–H and O–H groups in total. The summed E-state index contributed by atoms with van der Waals surface area (Å²) in [4.78, 5) is 29.0. The lowest BCUT2D eigenvalue weighted by Crippen LogP contribution is -2.63. The Bertz CT molecular complexity index is 755. The summed E-state index contributed by atoms with van der Waals surface area (Å²) in [5.74, 6) is -2.44. The molecule has 2 atom stereocenters. The van der Waals surface area contributed by atoms with Gasteiger partial charge in [0.05, 0.1) is 12.1 Å². The number of aliphatic carboxylic acids is 1. The van der Waals surface area contributed by atoms with Crippen LogP contribution in [0.1, 0.15) is 48.8 Å². The van der Waals surface area contributed by atoms with Gasteiger partial charge in [-0.2, -0.15) is 13.2 Å². The average molecular weight is 465 g/mol. The molecule has 176 valence electrons. The van der Waals surface area contributed by atoms with Gasteiger partial charge in [-0.15, -0.1) is 11.3 Å². The first-order chi connectivity index (χ1) is 14.5. The van der Waals surface area contributed by atoms with E-state index in [2.05, 4.69) is 35.8 Å². The van der Waals surface area contributed by atoms with Crippen LogP contribution in [0.3, 0.4) is 0 Å². The predicted octanol–water partition coefficient (Wildman–Crippen LogP) is 4.07. The maximum atomic E-state index is 12.5. The van der Waals surface area contributed by atoms with Crippen molar-refractivity contribution in [3.8, 4) is 0 Å². The lowest BCUT2D eigenvalue weighted by molar-refractivity contribution is -0.192. The Kier molecular flexibility index (Phi) is 8.91. The van der Waals surface area contributed by atoms with Crippen molar-refractivity contribution in [2.45, 2.75) is 70.3 Å². The number of thiophene rings is 1. The van der Waals surface area contributed by atoms with E-state index in [-0.39, 0.29) is 5.54 Å². The van der Waals surface area contributed by atoms with E-state index >= 15 is 0 Å². The highest BCUT2D eigenvalue weighted by molar-refractivity contribution is 7.11. The van der Waals surface area contributed by atoms with E-state index in [0.717, 1.165) is 38.9 Å². The number of piperidine rings is 1. The van der Waals surface area contributed by atoms with Crippen molar-refractivity contribution in [2.75, 3.05) is 26.8 Å². The Hall–Kier alpha value is -1.65. The minimum absolute atomic E-state index is 0.0227. The van der Waals surface area contributed by atoms with Crippen LogP contribution in [0.15, 0.2) is 12.1 Å². The van der Waals surface area contributed by atoms with Crippen LogP contribution >= 0.6 is 11.3 Å². The molecule has 2 fully saturated rings. The van der Waals surface area contributed by atoms with Crippen LogP contribution in [0.2, 0.25) is 0 Å². The van der Waals surface area contributed by atoms with Gasteiger partial charge in [-0.05, 0) is 51.3 Å². The van der Waals surface area contributed by atoms with Crippen LogP contribution in [0.25, 0.3) is 0 Å². The lowest BCUT2D eigenvalue weighted by Gasteiger charge is -2.52. The molecule has 0 radical (unpaired) electrons. The molecule has 1 amide bonds. The fourth-order valence-electron chi connectivity index (χ4n) is 4.83. The summed E-state index contributed by atoms with van der Waals surface area (Å²) in [7, 11) is 1.72. The van der Waals surface area contributed by atoms with Crippen molar-refractivity contribution in [1.29, 1.82) is 0 Å². The molecule has 0 bridgehead atoms. The molecule has 2 aliphatic rings. The van der Waals surface area contributed by atoms with E-state index in [1.807, 2.05) is 11.3 Å². The molecule has 2 saturated heterocycles. The quantitative estimate of drug-likeness (QED) is 0.687. The topological polar surface area (TPSA) is 70.1 Å². The molecule has 2 aliphatic heterocycles. The van der Waals surface area contributed by atoms with E-state index in [4.69, 9.17) is 14.6 Å². The third kappa shape index (κ3) is 6.20. The number of alkyl halides is 3. The van der Waals surface area contributed by atoms with E-state index < -0.39 is 12.1 Å². The van der Waals surface area contributed by atoms with Crippen molar-refractivity contribution >= 4 is 23.2 Å². The van der Waals surface area contributed by atoms with Crippen molar-refractivity contribution in [3.63, 3.8) is 0 Å². The van der Waals surface area contributed by atoms with Crippen molar-refractivity contribution in [2.24, 2.45) is 0 Å². The zero-order chi connectivity index (χ0) is 23.2. The molecule has 6 nitrogen and oxygen atoms in total. The number of hydrogen-bond acceptors (Lipinski definition) is 5. The average Bonchev–Trinajstić information content (AvgIpc) is 3.24. The Morgan fingerprint density at radius 2 is 2.03 bits per heavy atom. The molecule has 0 aliphatic carbocycles. The van der Waals surface area contributed by atoms with Crippen LogP contribution < -0.4 is 0 Å². The first kappa shape index (κ1) is 25.6. The maximum Gasteiger partial charge on any atom is 0.490 e. The molecule has 3 heterocycles. The largest absolute Gasteiger partial charge is 0.490 e. The predicted molar refractivity (Wildman–Crippen MR) is 112 cm³/mol. The van der Waals surface area contributed by atoms with Gasteiger partial charge in [-0.25, -0.2) is 4.79 Å². The Labute approximate surface area is 185 Å². The fourth-order valence-corrected chi connectivity index (χ4v) is 5.74. The van der Waals surface area contributed by atoms with Crippen LogP contribution in [0.5, 0.6) is 0 Å². The number of aryl methyl sites for hydroxylation is 1. The van der Waals surface area contributed by atoms with Crippen LogP contribution in [0.4, 0.5) is 13.2 Å². The molecule has 0 saturated carbocycles. The molecule has 31 heavy (non-hydrogen) atoms. The van der Waals surface area contributed by atoms with Gasteiger partial charge in [0.2, 0.25) is 5.91 Å². The number of likely N-dealkylation sites (tertiary alicyclic amines) is 2. The fraction of sp³-hybridized carbons (Fsp3) is 0.714. The van der Waals surface area contributed by atoms with Crippen molar-refractivity contribution in [3.05, 3.63) is 21.9 Å². The number of hydrogen-bond donors (Lipinski definition) is 1. The first-order valence-electron chi connectivity index (χ1n) is 10.4. The molecule has 10 heteroatoms. The van der Waals surface area contributed by atoms with Gasteiger partial charge in [-0.1, -0.05) is 6.92 Å². The lowest BCUT2D eigenvalue weighted by atomic mass is 9.77. The van der Waals surface area contributed by atoms with Gasteiger partial charge in [0.1, 0.15) is 0 Å². The van der Waals surface area contributed by atoms with Gasteiger partial charge >= 0.3 is 12.1 Å². The zero-order valence-electron chi connectivity index (χ0n) is 18.2. The van der Waals surface area contributed by atoms with Gasteiger partial charge in [-0.3, -0.25) is 9.69 Å². The van der Waals surface area contributed by atoms with E-state index in [1.54, 1.807) is 7.11 Å². The Balaban J connectivity index is 0.000000423. The number of rotatable bonds is 6. The highest BCUT2D eigenvalue weighted by Gasteiger charge is 2.52. The standard InChI is InChI=1S/C19H30N2O2S.C2HF3O2/c1-4-17-19(10-8-18(22)21(19)12-13-23-3)9-5-11-20(17)14-16-7-6-15(2)24-16;3-2(4,5)1(6)7/h6-7,17H,4-5,8-14H2,1-3H3;(H,6,7)/t17-,19-;/m0./s1. The Morgan fingerprint density at radius 3 is 2.55 bits per heavy atom. The second kappa shape index (κ2) is 10.8. The molecule has 1 aromatic rings. The minimum atomic E-state index is -5.08. The summed E-state index contributed by atoms with van der Waals surface area (Å²) in [5, 5.41) is 7.12. The Morgan fingerprint density at radius 1 is 1.35 bits per heavy atom. The van der Waals surface area contributed by atoms with E-state index in [1.165, 1.54) is 16.2 Å². The summed E-state index contributed by atoms with van der Waals surface area (Å²) in [6.07, 6.45) is 0.0415. The number of amides is 1. The summed E-state index contributed by atoms with van der Waals surface area (Å²) in [6.45, 7) is 7.98. The third-order valence-electron chi connectivity index (χ3n) is 6.03.